The summed E-state index contributed by atoms with van der Waals surface area (Å²) in [5.41, 5.74) is 10.9. The lowest BCUT2D eigenvalue weighted by atomic mass is 10.0. The van der Waals surface area contributed by atoms with E-state index in [0.29, 0.717) is 11.6 Å². The van der Waals surface area contributed by atoms with Crippen molar-refractivity contribution in [1.82, 2.24) is 19.9 Å². The van der Waals surface area contributed by atoms with Gasteiger partial charge >= 0.3 is 0 Å². The second-order valence-corrected chi connectivity index (χ2v) is 11.9. The van der Waals surface area contributed by atoms with Gasteiger partial charge in [-0.1, -0.05) is 133 Å². The Morgan fingerprint density at radius 3 is 1.24 bits per heavy atom. The van der Waals surface area contributed by atoms with Crippen molar-refractivity contribution in [2.75, 3.05) is 0 Å². The molecular weight excluding hydrogens is 601 g/mol. The summed E-state index contributed by atoms with van der Waals surface area (Å²) in [5.74, 6) is 1.27. The van der Waals surface area contributed by atoms with Crippen LogP contribution in [0.25, 0.3) is 89.7 Å². The zero-order chi connectivity index (χ0) is 32.6. The molecule has 0 aliphatic heterocycles. The van der Waals surface area contributed by atoms with Crippen LogP contribution in [0.1, 0.15) is 0 Å². The molecule has 0 unspecified atom stereocenters. The van der Waals surface area contributed by atoms with Crippen LogP contribution < -0.4 is 0 Å². The summed E-state index contributed by atoms with van der Waals surface area (Å²) >= 11 is 0. The topological polar surface area (TPSA) is 64.7 Å². The van der Waals surface area contributed by atoms with Crippen LogP contribution in [0.15, 0.2) is 174 Å². The quantitative estimate of drug-likeness (QED) is 0.183. The van der Waals surface area contributed by atoms with Crippen molar-refractivity contribution in [3.05, 3.63) is 170 Å². The Hall–Kier alpha value is -6.72. The first-order valence-corrected chi connectivity index (χ1v) is 16.2. The average Bonchev–Trinajstić information content (AvgIpc) is 3.57. The number of benzene rings is 6. The summed E-state index contributed by atoms with van der Waals surface area (Å²) in [4.78, 5) is 20.4. The normalized spacial score (nSPS) is 11.3. The van der Waals surface area contributed by atoms with Gasteiger partial charge in [-0.2, -0.15) is 0 Å². The van der Waals surface area contributed by atoms with Gasteiger partial charge in [-0.05, 0) is 36.4 Å². The first-order chi connectivity index (χ1) is 24.3. The summed E-state index contributed by atoms with van der Waals surface area (Å²) in [7, 11) is 0. The monoisotopic (exact) mass is 628 g/mol. The molecule has 3 heterocycles. The standard InChI is InChI=1S/C44H28N4O/c1-5-14-29(15-6-1)36-27-37(30-16-7-2-8-17-30)46-43(45-36)33-24-25-40-35(26-33)42-34(22-13-23-41(42)49-40)44-47-38(31-18-9-3-10-19-31)28-39(48-44)32-20-11-4-12-21-32/h1-28H. The van der Waals surface area contributed by atoms with Crippen molar-refractivity contribution in [2.45, 2.75) is 0 Å². The summed E-state index contributed by atoms with van der Waals surface area (Å²) < 4.78 is 6.42. The van der Waals surface area contributed by atoms with Gasteiger partial charge < -0.3 is 4.42 Å². The van der Waals surface area contributed by atoms with Crippen LogP contribution in [0.3, 0.4) is 0 Å². The number of rotatable bonds is 6. The van der Waals surface area contributed by atoms with Crippen molar-refractivity contribution >= 4 is 21.9 Å². The fraction of sp³-hybridized carbons (Fsp3) is 0. The van der Waals surface area contributed by atoms with E-state index in [1.807, 2.05) is 97.1 Å². The van der Waals surface area contributed by atoms with Gasteiger partial charge in [0.25, 0.3) is 0 Å². The smallest absolute Gasteiger partial charge is 0.161 e. The minimum atomic E-state index is 0.632. The van der Waals surface area contributed by atoms with Crippen LogP contribution in [0.2, 0.25) is 0 Å². The molecule has 0 fully saturated rings. The second kappa shape index (κ2) is 12.1. The zero-order valence-electron chi connectivity index (χ0n) is 26.4. The Morgan fingerprint density at radius 1 is 0.327 bits per heavy atom. The minimum absolute atomic E-state index is 0.632. The molecule has 49 heavy (non-hydrogen) atoms. The molecule has 0 atom stereocenters. The molecule has 0 saturated carbocycles. The van der Waals surface area contributed by atoms with Gasteiger partial charge in [0, 0.05) is 44.2 Å². The van der Waals surface area contributed by atoms with Crippen LogP contribution in [-0.4, -0.2) is 19.9 Å². The van der Waals surface area contributed by atoms with Crippen LogP contribution in [0.4, 0.5) is 0 Å². The molecule has 0 spiro atoms. The predicted octanol–water partition coefficient (Wildman–Crippen LogP) is 11.2. The van der Waals surface area contributed by atoms with E-state index in [1.54, 1.807) is 0 Å². The fourth-order valence-electron chi connectivity index (χ4n) is 6.32. The van der Waals surface area contributed by atoms with E-state index in [-0.39, 0.29) is 0 Å². The Kier molecular flexibility index (Phi) is 7.06. The van der Waals surface area contributed by atoms with E-state index in [4.69, 9.17) is 24.4 Å². The van der Waals surface area contributed by atoms with E-state index in [2.05, 4.69) is 72.8 Å². The third-order valence-electron chi connectivity index (χ3n) is 8.72. The van der Waals surface area contributed by atoms with E-state index in [9.17, 15) is 0 Å². The molecule has 5 heteroatoms. The lowest BCUT2D eigenvalue weighted by molar-refractivity contribution is 0.669. The highest BCUT2D eigenvalue weighted by atomic mass is 16.3. The molecule has 0 saturated heterocycles. The molecule has 3 aromatic heterocycles. The third-order valence-corrected chi connectivity index (χ3v) is 8.72. The summed E-state index contributed by atoms with van der Waals surface area (Å²) in [6.07, 6.45) is 0. The zero-order valence-corrected chi connectivity index (χ0v) is 26.4. The second-order valence-electron chi connectivity index (χ2n) is 11.9. The number of nitrogens with zero attached hydrogens (tertiary/aromatic N) is 4. The average molecular weight is 629 g/mol. The fourth-order valence-corrected chi connectivity index (χ4v) is 6.32. The van der Waals surface area contributed by atoms with Crippen LogP contribution in [0.5, 0.6) is 0 Å². The molecule has 5 nitrogen and oxygen atoms in total. The van der Waals surface area contributed by atoms with Gasteiger partial charge in [-0.15, -0.1) is 0 Å². The summed E-state index contributed by atoms with van der Waals surface area (Å²) in [5, 5.41) is 1.90. The lowest BCUT2D eigenvalue weighted by Crippen LogP contribution is -1.96. The van der Waals surface area contributed by atoms with E-state index in [0.717, 1.165) is 78.1 Å². The number of fused-ring (bicyclic) bond motifs is 3. The Balaban J connectivity index is 1.25. The largest absolute Gasteiger partial charge is 0.456 e. The molecule has 9 rings (SSSR count). The molecule has 0 aliphatic carbocycles. The van der Waals surface area contributed by atoms with Gasteiger partial charge in [0.1, 0.15) is 11.2 Å². The van der Waals surface area contributed by atoms with Crippen molar-refractivity contribution in [3.8, 4) is 67.8 Å². The molecule has 9 aromatic rings. The van der Waals surface area contributed by atoms with E-state index >= 15 is 0 Å². The Morgan fingerprint density at radius 2 is 0.776 bits per heavy atom. The summed E-state index contributed by atoms with van der Waals surface area (Å²) in [6.45, 7) is 0. The van der Waals surface area contributed by atoms with Crippen molar-refractivity contribution in [2.24, 2.45) is 0 Å². The predicted molar refractivity (Wildman–Crippen MR) is 198 cm³/mol. The SMILES string of the molecule is c1ccc(-c2cc(-c3ccccc3)nc(-c3ccc4oc5cccc(-c6nc(-c7ccccc7)cc(-c7ccccc7)n6)c5c4c3)n2)cc1. The third kappa shape index (κ3) is 5.43. The van der Waals surface area contributed by atoms with Gasteiger partial charge in [0.05, 0.1) is 22.8 Å². The summed E-state index contributed by atoms with van der Waals surface area (Å²) in [6, 6.07) is 57.3. The highest BCUT2D eigenvalue weighted by molar-refractivity contribution is 6.12. The number of hydrogen-bond donors (Lipinski definition) is 0. The first-order valence-electron chi connectivity index (χ1n) is 16.2. The Labute approximate surface area is 283 Å². The molecule has 6 aromatic carbocycles. The lowest BCUT2D eigenvalue weighted by Gasteiger charge is -2.10. The highest BCUT2D eigenvalue weighted by Gasteiger charge is 2.19. The van der Waals surface area contributed by atoms with Crippen LogP contribution >= 0.6 is 0 Å². The van der Waals surface area contributed by atoms with Gasteiger partial charge in [0.15, 0.2) is 11.6 Å². The van der Waals surface area contributed by atoms with Gasteiger partial charge in [0.2, 0.25) is 0 Å². The highest BCUT2D eigenvalue weighted by Crippen LogP contribution is 2.39. The van der Waals surface area contributed by atoms with Crippen LogP contribution in [0, 0.1) is 0 Å². The van der Waals surface area contributed by atoms with Crippen molar-refractivity contribution in [3.63, 3.8) is 0 Å². The van der Waals surface area contributed by atoms with Gasteiger partial charge in [-0.3, -0.25) is 0 Å². The number of hydrogen-bond acceptors (Lipinski definition) is 5. The van der Waals surface area contributed by atoms with E-state index in [1.165, 1.54) is 0 Å². The van der Waals surface area contributed by atoms with E-state index < -0.39 is 0 Å². The number of aromatic nitrogens is 4. The van der Waals surface area contributed by atoms with Crippen molar-refractivity contribution in [1.29, 1.82) is 0 Å². The van der Waals surface area contributed by atoms with Crippen molar-refractivity contribution < 1.29 is 4.42 Å². The molecule has 0 bridgehead atoms. The van der Waals surface area contributed by atoms with Crippen LogP contribution in [-0.2, 0) is 0 Å². The number of furan rings is 1. The molecule has 0 radical (unpaired) electrons. The minimum Gasteiger partial charge on any atom is -0.456 e. The molecule has 0 N–H and O–H groups in total. The molecular formula is C44H28N4O. The van der Waals surface area contributed by atoms with Gasteiger partial charge in [-0.25, -0.2) is 19.9 Å². The molecule has 230 valence electrons. The maximum Gasteiger partial charge on any atom is 0.161 e. The molecule has 0 amide bonds. The molecule has 0 aliphatic rings. The maximum absolute atomic E-state index is 6.42. The first kappa shape index (κ1) is 28.5. The maximum atomic E-state index is 6.42. The Bertz CT molecular complexity index is 2470.